The van der Waals surface area contributed by atoms with Crippen LogP contribution in [0.3, 0.4) is 0 Å². The second-order valence-electron chi connectivity index (χ2n) is 8.94. The van der Waals surface area contributed by atoms with Crippen LogP contribution in [0, 0.1) is 0 Å². The van der Waals surface area contributed by atoms with Crippen molar-refractivity contribution in [1.29, 1.82) is 0 Å². The topological polar surface area (TPSA) is 182 Å². The van der Waals surface area contributed by atoms with E-state index in [0.717, 1.165) is 30.8 Å². The molecule has 13 heteroatoms. The van der Waals surface area contributed by atoms with Crippen molar-refractivity contribution in [1.82, 2.24) is 25.5 Å². The summed E-state index contributed by atoms with van der Waals surface area (Å²) in [5, 5.41) is 31.9. The third-order valence-electron chi connectivity index (χ3n) is 5.76. The Morgan fingerprint density at radius 3 is 1.90 bits per heavy atom. The van der Waals surface area contributed by atoms with Crippen molar-refractivity contribution in [3.8, 4) is 0 Å². The molecular formula is C26H35N5O7Re. The molecule has 2 aromatic heterocycles. The Morgan fingerprint density at radius 2 is 1.41 bits per heavy atom. The molecule has 2 aromatic rings. The van der Waals surface area contributed by atoms with Crippen LogP contribution < -0.4 is 10.6 Å². The van der Waals surface area contributed by atoms with Gasteiger partial charge in [0.25, 0.3) is 0 Å². The van der Waals surface area contributed by atoms with Gasteiger partial charge in [-0.1, -0.05) is 25.0 Å². The minimum absolute atomic E-state index is 0. The van der Waals surface area contributed by atoms with Crippen LogP contribution in [0.1, 0.15) is 56.3 Å². The van der Waals surface area contributed by atoms with Gasteiger partial charge in [0.2, 0.25) is 0 Å². The van der Waals surface area contributed by atoms with Crippen molar-refractivity contribution in [3.05, 3.63) is 60.2 Å². The molecular weight excluding hydrogens is 681 g/mol. The monoisotopic (exact) mass is 716 g/mol. The number of aliphatic carboxylic acids is 3. The van der Waals surface area contributed by atoms with Crippen molar-refractivity contribution < 1.29 is 54.9 Å². The van der Waals surface area contributed by atoms with E-state index in [1.807, 2.05) is 36.4 Å². The van der Waals surface area contributed by atoms with E-state index in [-0.39, 0.29) is 33.3 Å². The SMILES string of the molecule is O=C(O)CC[C@H](NC(=O)N[C@@H](CCCCCN(Cc1ccccn1)Cc1ccccn1)CC(=O)O)C(=O)O.[Re]. The van der Waals surface area contributed by atoms with E-state index in [0.29, 0.717) is 25.9 Å². The minimum Gasteiger partial charge on any atom is -0.481 e. The van der Waals surface area contributed by atoms with Crippen molar-refractivity contribution in [2.75, 3.05) is 6.54 Å². The zero-order valence-electron chi connectivity index (χ0n) is 21.5. The van der Waals surface area contributed by atoms with Gasteiger partial charge < -0.3 is 26.0 Å². The summed E-state index contributed by atoms with van der Waals surface area (Å²) in [7, 11) is 0. The molecule has 0 bridgehead atoms. The number of carbonyl (C=O) groups is 4. The maximum Gasteiger partial charge on any atom is 0.326 e. The summed E-state index contributed by atoms with van der Waals surface area (Å²) in [4.78, 5) is 56.6. The Kier molecular flexibility index (Phi) is 16.2. The van der Waals surface area contributed by atoms with E-state index in [1.54, 1.807) is 12.4 Å². The van der Waals surface area contributed by atoms with Crippen LogP contribution in [0.15, 0.2) is 48.8 Å². The van der Waals surface area contributed by atoms with Gasteiger partial charge in [0.05, 0.1) is 17.8 Å². The van der Waals surface area contributed by atoms with E-state index < -0.39 is 42.4 Å². The number of urea groups is 1. The summed E-state index contributed by atoms with van der Waals surface area (Å²) in [6.45, 7) is 2.09. The summed E-state index contributed by atoms with van der Waals surface area (Å²) in [5.74, 6) is -3.63. The average molecular weight is 716 g/mol. The van der Waals surface area contributed by atoms with Crippen LogP contribution in [0.2, 0.25) is 0 Å². The van der Waals surface area contributed by atoms with E-state index in [9.17, 15) is 29.4 Å². The number of nitrogens with one attached hydrogen (secondary N) is 2. The van der Waals surface area contributed by atoms with E-state index in [2.05, 4.69) is 25.5 Å². The van der Waals surface area contributed by atoms with Gasteiger partial charge in [-0.25, -0.2) is 9.59 Å². The molecule has 0 aliphatic rings. The maximum absolute atomic E-state index is 12.3. The molecule has 0 aliphatic heterocycles. The smallest absolute Gasteiger partial charge is 0.326 e. The number of aromatic nitrogens is 2. The summed E-state index contributed by atoms with van der Waals surface area (Å²) in [6, 6.07) is 8.63. The molecule has 0 fully saturated rings. The first-order valence-electron chi connectivity index (χ1n) is 12.5. The number of carboxylic acid groups (broad SMARTS) is 3. The predicted molar refractivity (Wildman–Crippen MR) is 137 cm³/mol. The Labute approximate surface area is 240 Å². The van der Waals surface area contributed by atoms with Crippen molar-refractivity contribution in [2.45, 2.75) is 70.1 Å². The van der Waals surface area contributed by atoms with Gasteiger partial charge in [-0.15, -0.1) is 0 Å². The largest absolute Gasteiger partial charge is 0.481 e. The fourth-order valence-electron chi connectivity index (χ4n) is 3.90. The molecule has 0 aliphatic carbocycles. The first-order valence-corrected chi connectivity index (χ1v) is 12.5. The van der Waals surface area contributed by atoms with Gasteiger partial charge in [-0.2, -0.15) is 0 Å². The second-order valence-corrected chi connectivity index (χ2v) is 8.94. The number of nitrogens with zero attached hydrogens (tertiary/aromatic N) is 3. The third kappa shape index (κ3) is 14.9. The molecule has 39 heavy (non-hydrogen) atoms. The molecule has 0 saturated heterocycles. The van der Waals surface area contributed by atoms with Crippen molar-refractivity contribution >= 4 is 23.9 Å². The molecule has 0 unspecified atom stereocenters. The zero-order chi connectivity index (χ0) is 27.8. The number of pyridine rings is 2. The molecule has 2 amide bonds. The Morgan fingerprint density at radius 1 is 0.795 bits per heavy atom. The minimum atomic E-state index is -1.39. The normalized spacial score (nSPS) is 12.1. The Balaban J connectivity index is 0.00000760. The van der Waals surface area contributed by atoms with E-state index >= 15 is 0 Å². The number of hydrogen-bond acceptors (Lipinski definition) is 7. The number of hydrogen-bond donors (Lipinski definition) is 5. The molecule has 2 atom stereocenters. The summed E-state index contributed by atoms with van der Waals surface area (Å²) in [6.07, 6.45) is 5.16. The summed E-state index contributed by atoms with van der Waals surface area (Å²) >= 11 is 0. The molecule has 0 aromatic carbocycles. The van der Waals surface area contributed by atoms with Gasteiger partial charge in [0, 0.05) is 58.4 Å². The van der Waals surface area contributed by atoms with Gasteiger partial charge in [-0.3, -0.25) is 24.5 Å². The van der Waals surface area contributed by atoms with Crippen LogP contribution >= 0.6 is 0 Å². The molecule has 0 saturated carbocycles. The number of rotatable bonds is 18. The molecule has 1 radical (unpaired) electrons. The maximum atomic E-state index is 12.3. The first-order chi connectivity index (χ1) is 18.2. The summed E-state index contributed by atoms with van der Waals surface area (Å²) < 4.78 is 0. The van der Waals surface area contributed by atoms with Crippen LogP contribution in [0.4, 0.5) is 4.79 Å². The van der Waals surface area contributed by atoms with E-state index in [4.69, 9.17) is 5.11 Å². The van der Waals surface area contributed by atoms with Crippen LogP contribution in [-0.2, 0) is 47.9 Å². The van der Waals surface area contributed by atoms with Gasteiger partial charge >= 0.3 is 23.9 Å². The quantitative estimate of drug-likeness (QED) is 0.144. The zero-order valence-corrected chi connectivity index (χ0v) is 24.3. The van der Waals surface area contributed by atoms with E-state index in [1.165, 1.54) is 0 Å². The fourth-order valence-corrected chi connectivity index (χ4v) is 3.90. The van der Waals surface area contributed by atoms with Crippen LogP contribution in [0.25, 0.3) is 0 Å². The van der Waals surface area contributed by atoms with Crippen LogP contribution in [-0.4, -0.2) is 72.8 Å². The number of carbonyl (C=O) groups excluding carboxylic acids is 1. The van der Waals surface area contributed by atoms with Crippen molar-refractivity contribution in [3.63, 3.8) is 0 Å². The third-order valence-corrected chi connectivity index (χ3v) is 5.76. The first kappa shape index (κ1) is 33.6. The van der Waals surface area contributed by atoms with Crippen LogP contribution in [0.5, 0.6) is 0 Å². The fraction of sp³-hybridized carbons (Fsp3) is 0.462. The molecule has 5 N–H and O–H groups in total. The number of unbranched alkanes of at least 4 members (excludes halogenated alkanes) is 2. The summed E-state index contributed by atoms with van der Waals surface area (Å²) in [5.41, 5.74) is 1.89. The van der Waals surface area contributed by atoms with Gasteiger partial charge in [0.15, 0.2) is 0 Å². The van der Waals surface area contributed by atoms with Crippen molar-refractivity contribution in [2.24, 2.45) is 0 Å². The Hall–Kier alpha value is -3.40. The van der Waals surface area contributed by atoms with Gasteiger partial charge in [-0.05, 0) is 50.1 Å². The molecule has 12 nitrogen and oxygen atoms in total. The van der Waals surface area contributed by atoms with Gasteiger partial charge in [0.1, 0.15) is 6.04 Å². The molecule has 2 heterocycles. The average Bonchev–Trinajstić information content (AvgIpc) is 2.86. The molecule has 2 rings (SSSR count). The second kappa shape index (κ2) is 18.8. The standard InChI is InChI=1S/C26H35N5O7.Re/c32-23(33)12-11-22(25(36)37)30-26(38)29-19(16-24(34)35)8-2-1-7-15-31(17-20-9-3-5-13-27-20)18-21-10-4-6-14-28-21;/h3-6,9-10,13-14,19,22H,1-2,7-8,11-12,15-18H2,(H,32,33)(H,34,35)(H,36,37)(H2,29,30,38);/t19-,22-;/m0./s1. The molecule has 0 spiro atoms. The predicted octanol–water partition coefficient (Wildman–Crippen LogP) is 2.50. The molecule has 213 valence electrons. The number of carboxylic acids is 3. The Bertz CT molecular complexity index is 988. The number of amides is 2.